The lowest BCUT2D eigenvalue weighted by molar-refractivity contribution is 0.414. The second-order valence-corrected chi connectivity index (χ2v) is 5.23. The van der Waals surface area contributed by atoms with Gasteiger partial charge in [0.25, 0.3) is 0 Å². The number of nitrogens with zero attached hydrogens (tertiary/aromatic N) is 1. The maximum atomic E-state index is 6.00. The van der Waals surface area contributed by atoms with E-state index in [0.29, 0.717) is 6.54 Å². The average molecular weight is 280 g/mol. The molecule has 0 saturated carbocycles. The van der Waals surface area contributed by atoms with Crippen LogP contribution in [-0.4, -0.2) is 11.7 Å². The third-order valence-corrected chi connectivity index (χ3v) is 4.08. The molecule has 108 valence electrons. The van der Waals surface area contributed by atoms with E-state index >= 15 is 0 Å². The maximum Gasteiger partial charge on any atom is 0.118 e. The number of fused-ring (bicyclic) bond motifs is 1. The van der Waals surface area contributed by atoms with Gasteiger partial charge in [0, 0.05) is 36.6 Å². The topological polar surface area (TPSA) is 40.2 Å². The molecule has 3 nitrogen and oxygen atoms in total. The number of aromatic nitrogens is 1. The molecule has 1 heterocycles. The van der Waals surface area contributed by atoms with Gasteiger partial charge in [0.2, 0.25) is 0 Å². The quantitative estimate of drug-likeness (QED) is 0.797. The van der Waals surface area contributed by atoms with Gasteiger partial charge in [-0.25, -0.2) is 0 Å². The zero-order valence-corrected chi connectivity index (χ0v) is 12.5. The summed E-state index contributed by atoms with van der Waals surface area (Å²) in [7, 11) is 3.80. The van der Waals surface area contributed by atoms with Crippen LogP contribution in [0.5, 0.6) is 5.75 Å². The number of ether oxygens (including phenoxy) is 1. The summed E-state index contributed by atoms with van der Waals surface area (Å²) in [6, 6.07) is 16.6. The van der Waals surface area contributed by atoms with E-state index in [-0.39, 0.29) is 0 Å². The monoisotopic (exact) mass is 280 g/mol. The van der Waals surface area contributed by atoms with E-state index in [1.54, 1.807) is 7.11 Å². The molecule has 0 amide bonds. The largest absolute Gasteiger partial charge is 0.497 e. The Morgan fingerprint density at radius 3 is 2.43 bits per heavy atom. The summed E-state index contributed by atoms with van der Waals surface area (Å²) >= 11 is 0. The Labute approximate surface area is 125 Å². The lowest BCUT2D eigenvalue weighted by Crippen LogP contribution is -2.04. The van der Waals surface area contributed by atoms with Gasteiger partial charge in [-0.15, -0.1) is 0 Å². The second kappa shape index (κ2) is 5.62. The van der Waals surface area contributed by atoms with Gasteiger partial charge in [0.05, 0.1) is 7.11 Å². The molecule has 3 heteroatoms. The first-order chi connectivity index (χ1) is 10.2. The van der Waals surface area contributed by atoms with Gasteiger partial charge in [-0.05, 0) is 29.3 Å². The van der Waals surface area contributed by atoms with Crippen molar-refractivity contribution in [3.63, 3.8) is 0 Å². The molecule has 3 aromatic rings. The highest BCUT2D eigenvalue weighted by molar-refractivity contribution is 5.85. The van der Waals surface area contributed by atoms with Crippen LogP contribution in [0.3, 0.4) is 0 Å². The Balaban J connectivity index is 2.04. The minimum atomic E-state index is 0.562. The summed E-state index contributed by atoms with van der Waals surface area (Å²) in [6.07, 6.45) is 0.877. The van der Waals surface area contributed by atoms with E-state index in [1.165, 1.54) is 27.7 Å². The van der Waals surface area contributed by atoms with Gasteiger partial charge in [-0.3, -0.25) is 0 Å². The average Bonchev–Trinajstić information content (AvgIpc) is 2.80. The number of nitrogens with two attached hydrogens (primary N) is 1. The molecular weight excluding hydrogens is 260 g/mol. The van der Waals surface area contributed by atoms with Crippen molar-refractivity contribution in [2.75, 3.05) is 7.11 Å². The molecule has 0 aliphatic heterocycles. The molecule has 0 radical (unpaired) electrons. The summed E-state index contributed by atoms with van der Waals surface area (Å²) < 4.78 is 7.46. The lowest BCUT2D eigenvalue weighted by Gasteiger charge is -2.08. The predicted molar refractivity (Wildman–Crippen MR) is 86.6 cm³/mol. The van der Waals surface area contributed by atoms with Gasteiger partial charge in [-0.2, -0.15) is 0 Å². The fourth-order valence-electron chi connectivity index (χ4n) is 2.91. The van der Waals surface area contributed by atoms with Gasteiger partial charge in [0.1, 0.15) is 5.75 Å². The first-order valence-electron chi connectivity index (χ1n) is 7.12. The normalized spacial score (nSPS) is 11.0. The minimum absolute atomic E-state index is 0.562. The molecule has 0 aliphatic carbocycles. The standard InChI is InChI=1S/C18H20N2O/c1-20-17-6-4-3-5-15(17)16(12-19)18(20)11-13-7-9-14(21-2)10-8-13/h3-10H,11-12,19H2,1-2H3. The van der Waals surface area contributed by atoms with Crippen LogP contribution in [0.2, 0.25) is 0 Å². The number of methoxy groups -OCH3 is 1. The van der Waals surface area contributed by atoms with Crippen molar-refractivity contribution in [1.29, 1.82) is 0 Å². The molecule has 3 rings (SSSR count). The van der Waals surface area contributed by atoms with E-state index < -0.39 is 0 Å². The molecule has 0 saturated heterocycles. The summed E-state index contributed by atoms with van der Waals surface area (Å²) in [5, 5.41) is 1.26. The predicted octanol–water partition coefficient (Wildman–Crippen LogP) is 3.24. The van der Waals surface area contributed by atoms with Crippen molar-refractivity contribution in [3.05, 3.63) is 65.4 Å². The number of aryl methyl sites for hydroxylation is 1. The molecule has 0 aliphatic rings. The van der Waals surface area contributed by atoms with Crippen molar-refractivity contribution in [2.24, 2.45) is 12.8 Å². The number of hydrogen-bond donors (Lipinski definition) is 1. The van der Waals surface area contributed by atoms with Crippen molar-refractivity contribution < 1.29 is 4.74 Å². The van der Waals surface area contributed by atoms with E-state index in [4.69, 9.17) is 10.5 Å². The fraction of sp³-hybridized carbons (Fsp3) is 0.222. The van der Waals surface area contributed by atoms with Crippen molar-refractivity contribution in [1.82, 2.24) is 4.57 Å². The van der Waals surface area contributed by atoms with Crippen LogP contribution in [0.25, 0.3) is 10.9 Å². The van der Waals surface area contributed by atoms with Gasteiger partial charge in [-0.1, -0.05) is 30.3 Å². The molecule has 2 aromatic carbocycles. The van der Waals surface area contributed by atoms with E-state index in [9.17, 15) is 0 Å². The SMILES string of the molecule is COc1ccc(Cc2c(CN)c3ccccc3n2C)cc1. The number of rotatable bonds is 4. The van der Waals surface area contributed by atoms with Crippen LogP contribution in [0.4, 0.5) is 0 Å². The molecule has 1 aromatic heterocycles. The van der Waals surface area contributed by atoms with Crippen LogP contribution >= 0.6 is 0 Å². The molecule has 2 N–H and O–H groups in total. The van der Waals surface area contributed by atoms with Gasteiger partial charge >= 0.3 is 0 Å². The zero-order valence-electron chi connectivity index (χ0n) is 12.5. The number of hydrogen-bond acceptors (Lipinski definition) is 2. The highest BCUT2D eigenvalue weighted by Crippen LogP contribution is 2.27. The van der Waals surface area contributed by atoms with E-state index in [0.717, 1.165) is 12.2 Å². The lowest BCUT2D eigenvalue weighted by atomic mass is 10.0. The molecular formula is C18H20N2O. The highest BCUT2D eigenvalue weighted by Gasteiger charge is 2.13. The Morgan fingerprint density at radius 1 is 1.05 bits per heavy atom. The number of para-hydroxylation sites is 1. The van der Waals surface area contributed by atoms with E-state index in [2.05, 4.69) is 48.0 Å². The minimum Gasteiger partial charge on any atom is -0.497 e. The van der Waals surface area contributed by atoms with E-state index in [1.807, 2.05) is 12.1 Å². The smallest absolute Gasteiger partial charge is 0.118 e. The van der Waals surface area contributed by atoms with Crippen LogP contribution in [0, 0.1) is 0 Å². The highest BCUT2D eigenvalue weighted by atomic mass is 16.5. The van der Waals surface area contributed by atoms with Crippen molar-refractivity contribution in [3.8, 4) is 5.75 Å². The third kappa shape index (κ3) is 2.41. The van der Waals surface area contributed by atoms with Crippen molar-refractivity contribution in [2.45, 2.75) is 13.0 Å². The molecule has 0 spiro atoms. The summed E-state index contributed by atoms with van der Waals surface area (Å²) in [6.45, 7) is 0.562. The van der Waals surface area contributed by atoms with Gasteiger partial charge in [0.15, 0.2) is 0 Å². The zero-order chi connectivity index (χ0) is 14.8. The third-order valence-electron chi connectivity index (χ3n) is 4.08. The van der Waals surface area contributed by atoms with Crippen molar-refractivity contribution >= 4 is 10.9 Å². The summed E-state index contributed by atoms with van der Waals surface area (Å²) in [5.74, 6) is 0.884. The van der Waals surface area contributed by atoms with Gasteiger partial charge < -0.3 is 15.0 Å². The Bertz CT molecular complexity index is 757. The Kier molecular flexibility index (Phi) is 3.67. The fourth-order valence-corrected chi connectivity index (χ4v) is 2.91. The van der Waals surface area contributed by atoms with Crippen LogP contribution < -0.4 is 10.5 Å². The second-order valence-electron chi connectivity index (χ2n) is 5.23. The molecule has 21 heavy (non-hydrogen) atoms. The Morgan fingerprint density at radius 2 is 1.76 bits per heavy atom. The Hall–Kier alpha value is -2.26. The first-order valence-corrected chi connectivity index (χ1v) is 7.12. The summed E-state index contributed by atoms with van der Waals surface area (Å²) in [5.41, 5.74) is 11.0. The van der Waals surface area contributed by atoms with Crippen LogP contribution in [-0.2, 0) is 20.0 Å². The van der Waals surface area contributed by atoms with Crippen LogP contribution in [0.15, 0.2) is 48.5 Å². The van der Waals surface area contributed by atoms with Crippen LogP contribution in [0.1, 0.15) is 16.8 Å². The maximum absolute atomic E-state index is 6.00. The molecule has 0 fully saturated rings. The molecule has 0 atom stereocenters. The summed E-state index contributed by atoms with van der Waals surface area (Å²) in [4.78, 5) is 0. The molecule has 0 bridgehead atoms. The molecule has 0 unspecified atom stereocenters. The first kappa shape index (κ1) is 13.7. The number of benzene rings is 2.